The Morgan fingerprint density at radius 2 is 1.16 bits per heavy atom. The molecule has 1 aliphatic heterocycles. The molecule has 22 nitrogen and oxygen atoms in total. The van der Waals surface area contributed by atoms with Gasteiger partial charge in [-0.05, 0) is 119 Å². The molecule has 31 heteroatoms. The molecule has 0 amide bonds. The van der Waals surface area contributed by atoms with Gasteiger partial charge in [0.1, 0.15) is 59.8 Å². The SMILES string of the molecule is CCCS(=O)(=O)Nc1ccc(F)c(C(=O)c2c[nH]c3ncc(-c4ccc(OCC(O)CO)cc4Cl)cc23)c1F.CCCS(=O)(=O)Nc1ccc(F)c(C(=O)c2c[nH]c3ncc(-c4ccc(OCC5COC(C)(C)O5)cc4Cl)cc23)c1F.Cc1ccc(S(=O)(=O)O)cc1.O.[HH].[HH].[HH].[HH]. The van der Waals surface area contributed by atoms with E-state index >= 15 is 8.78 Å². The zero-order chi connectivity index (χ0) is 67.0. The Hall–Kier alpha value is -8.07. The van der Waals surface area contributed by atoms with Crippen molar-refractivity contribution in [3.8, 4) is 33.8 Å². The first-order valence-corrected chi connectivity index (χ1v) is 33.4. The number of sulfonamides is 2. The largest absolute Gasteiger partial charge is 0.491 e. The van der Waals surface area contributed by atoms with Crippen LogP contribution in [0.25, 0.3) is 44.3 Å². The number of aryl methyl sites for hydroxylation is 1. The lowest BCUT2D eigenvalue weighted by atomic mass is 9.99. The number of hydrogen-bond donors (Lipinski definition) is 7. The Balaban J connectivity index is 0.000000418. The molecule has 504 valence electrons. The van der Waals surface area contributed by atoms with Crippen molar-refractivity contribution < 1.29 is 97.3 Å². The van der Waals surface area contributed by atoms with Gasteiger partial charge in [-0.3, -0.25) is 23.6 Å². The molecule has 2 unspecified atom stereocenters. The van der Waals surface area contributed by atoms with Gasteiger partial charge in [0.15, 0.2) is 17.4 Å². The number of carbonyl (C=O) groups is 2. The highest BCUT2D eigenvalue weighted by atomic mass is 35.5. The second-order valence-corrected chi connectivity index (χ2v) is 27.1. The summed E-state index contributed by atoms with van der Waals surface area (Å²) in [5, 5.41) is 19.5. The van der Waals surface area contributed by atoms with Crippen LogP contribution >= 0.6 is 23.2 Å². The summed E-state index contributed by atoms with van der Waals surface area (Å²) in [7, 11) is -11.8. The summed E-state index contributed by atoms with van der Waals surface area (Å²) in [6, 6.07) is 22.5. The number of hydrogen-bond acceptors (Lipinski definition) is 16. The molecule has 0 radical (unpaired) electrons. The number of aromatic amines is 2. The molecule has 2 atom stereocenters. The highest BCUT2D eigenvalue weighted by molar-refractivity contribution is 7.93. The number of aliphatic hydroxyl groups excluding tert-OH is 2. The van der Waals surface area contributed by atoms with Crippen LogP contribution in [0.3, 0.4) is 0 Å². The third kappa shape index (κ3) is 18.0. The Labute approximate surface area is 547 Å². The topological polar surface area (TPSA) is 347 Å². The first-order chi connectivity index (χ1) is 43.4. The molecule has 9 N–H and O–H groups in total. The smallest absolute Gasteiger partial charge is 0.294 e. The van der Waals surface area contributed by atoms with Gasteiger partial charge in [-0.15, -0.1) is 0 Å². The van der Waals surface area contributed by atoms with E-state index in [-0.39, 0.29) is 86.9 Å². The molecule has 0 aliphatic carbocycles. The zero-order valence-corrected chi connectivity index (χ0v) is 53.9. The van der Waals surface area contributed by atoms with Gasteiger partial charge < -0.3 is 44.6 Å². The van der Waals surface area contributed by atoms with Crippen molar-refractivity contribution in [1.82, 2.24) is 19.9 Å². The summed E-state index contributed by atoms with van der Waals surface area (Å²) in [5.41, 5.74) is 0.686. The predicted molar refractivity (Wildman–Crippen MR) is 350 cm³/mol. The molecule has 5 aromatic carbocycles. The van der Waals surface area contributed by atoms with Crippen molar-refractivity contribution in [1.29, 1.82) is 0 Å². The molecule has 4 aromatic heterocycles. The molecule has 93 heavy (non-hydrogen) atoms. The number of halogens is 6. The summed E-state index contributed by atoms with van der Waals surface area (Å²) in [5.74, 6) is -7.25. The molecule has 0 saturated carbocycles. The molecular formula is C62H70Cl2F4N6O16S3. The third-order valence-corrected chi connectivity index (χ3v) is 18.1. The first kappa shape index (κ1) is 72.4. The quantitative estimate of drug-likeness (QED) is 0.0188. The van der Waals surface area contributed by atoms with Crippen LogP contribution in [0.4, 0.5) is 28.9 Å². The van der Waals surface area contributed by atoms with Crippen LogP contribution in [0.15, 0.2) is 127 Å². The minimum Gasteiger partial charge on any atom is -0.491 e. The van der Waals surface area contributed by atoms with Crippen LogP contribution in [0.2, 0.25) is 10.0 Å². The first-order valence-electron chi connectivity index (χ1n) is 27.9. The van der Waals surface area contributed by atoms with E-state index in [9.17, 15) is 48.7 Å². The van der Waals surface area contributed by atoms with Crippen molar-refractivity contribution in [2.24, 2.45) is 0 Å². The molecule has 1 fully saturated rings. The number of fused-ring (bicyclic) bond motifs is 2. The highest BCUT2D eigenvalue weighted by Crippen LogP contribution is 2.37. The van der Waals surface area contributed by atoms with E-state index in [0.29, 0.717) is 56.4 Å². The summed E-state index contributed by atoms with van der Waals surface area (Å²) in [6.07, 6.45) is 4.90. The minimum atomic E-state index is -4.02. The Bertz CT molecular complexity index is 4610. The van der Waals surface area contributed by atoms with E-state index in [1.54, 1.807) is 74.6 Å². The van der Waals surface area contributed by atoms with Crippen molar-refractivity contribution in [2.45, 2.75) is 70.4 Å². The second kappa shape index (κ2) is 30.3. The Morgan fingerprint density at radius 3 is 1.56 bits per heavy atom. The molecule has 1 saturated heterocycles. The number of rotatable bonds is 22. The molecule has 0 bridgehead atoms. The number of aliphatic hydroxyl groups is 2. The average Bonchev–Trinajstić information content (AvgIpc) is 1.76. The maximum atomic E-state index is 15.3. The van der Waals surface area contributed by atoms with E-state index < -0.39 is 106 Å². The minimum absolute atomic E-state index is 0. The fraction of sp³-hybridized carbons (Fsp3) is 0.258. The third-order valence-electron chi connectivity index (χ3n) is 13.6. The fourth-order valence-corrected chi connectivity index (χ4v) is 12.5. The number of benzene rings is 5. The monoisotopic (exact) mass is 1400 g/mol. The van der Waals surface area contributed by atoms with E-state index in [1.807, 2.05) is 20.8 Å². The maximum absolute atomic E-state index is 15.3. The highest BCUT2D eigenvalue weighted by Gasteiger charge is 2.33. The summed E-state index contributed by atoms with van der Waals surface area (Å²) in [4.78, 5) is 40.9. The molecule has 1 aliphatic rings. The molecular weight excluding hydrogens is 1330 g/mol. The van der Waals surface area contributed by atoms with Gasteiger partial charge in [0.05, 0.1) is 62.2 Å². The lowest BCUT2D eigenvalue weighted by Crippen LogP contribution is -2.25. The number of H-pyrrole nitrogens is 2. The van der Waals surface area contributed by atoms with E-state index in [1.165, 1.54) is 36.8 Å². The Morgan fingerprint density at radius 1 is 0.710 bits per heavy atom. The second-order valence-electron chi connectivity index (χ2n) is 21.2. The van der Waals surface area contributed by atoms with Crippen LogP contribution in [-0.2, 0) is 39.6 Å². The number of nitrogens with one attached hydrogen (secondary N) is 4. The van der Waals surface area contributed by atoms with Crippen molar-refractivity contribution in [3.63, 3.8) is 0 Å². The fourth-order valence-electron chi connectivity index (χ4n) is 9.23. The Kier molecular flexibility index (Phi) is 23.6. The maximum Gasteiger partial charge on any atom is 0.294 e. The number of ketones is 2. The lowest BCUT2D eigenvalue weighted by molar-refractivity contribution is -0.141. The van der Waals surface area contributed by atoms with Gasteiger partial charge in [0, 0.05) is 74.6 Å². The summed E-state index contributed by atoms with van der Waals surface area (Å²) < 4.78 is 165. The number of anilines is 2. The van der Waals surface area contributed by atoms with Gasteiger partial charge in [0.2, 0.25) is 31.6 Å². The normalized spacial score (nSPS) is 14.1. The number of aromatic nitrogens is 4. The molecule has 10 rings (SSSR count). The van der Waals surface area contributed by atoms with Crippen molar-refractivity contribution >= 4 is 98.4 Å². The van der Waals surface area contributed by atoms with Crippen LogP contribution in [0.5, 0.6) is 11.5 Å². The van der Waals surface area contributed by atoms with Crippen LogP contribution in [-0.4, -0.2) is 133 Å². The van der Waals surface area contributed by atoms with E-state index in [0.717, 1.165) is 29.8 Å². The number of nitrogens with zero attached hydrogens (tertiary/aromatic N) is 2. The predicted octanol–water partition coefficient (Wildman–Crippen LogP) is 11.8. The number of carbonyl (C=O) groups excluding carboxylic acids is 2. The number of ether oxygens (including phenoxy) is 4. The van der Waals surface area contributed by atoms with Crippen LogP contribution < -0.4 is 18.9 Å². The van der Waals surface area contributed by atoms with Gasteiger partial charge in [-0.25, -0.2) is 44.4 Å². The number of pyridine rings is 2. The molecule has 5 heterocycles. The van der Waals surface area contributed by atoms with Crippen molar-refractivity contribution in [2.75, 3.05) is 47.4 Å². The average molecular weight is 1400 g/mol. The summed E-state index contributed by atoms with van der Waals surface area (Å²) in [6.45, 7) is 8.87. The van der Waals surface area contributed by atoms with Gasteiger partial charge >= 0.3 is 0 Å². The van der Waals surface area contributed by atoms with E-state index in [4.69, 9.17) is 51.8 Å². The van der Waals surface area contributed by atoms with E-state index in [2.05, 4.69) is 29.4 Å². The van der Waals surface area contributed by atoms with Crippen molar-refractivity contribution in [3.05, 3.63) is 183 Å². The lowest BCUT2D eigenvalue weighted by Gasteiger charge is -2.17. The zero-order valence-electron chi connectivity index (χ0n) is 50.0. The molecule has 9 aromatic rings. The molecule has 0 spiro atoms. The van der Waals surface area contributed by atoms with Crippen LogP contribution in [0.1, 0.15) is 83.6 Å². The van der Waals surface area contributed by atoms with Gasteiger partial charge in [0.25, 0.3) is 10.1 Å². The van der Waals surface area contributed by atoms with Gasteiger partial charge in [-0.1, -0.05) is 54.7 Å². The standard InChI is InChI=1S/C29H28ClF2N3O6S.C26H24ClF2N3O6S.C7H8O3S.H2O.4H2/c1-4-9-42(37,38)35-24-8-7-23(31)25(26(24)32)27(36)21-13-34-28-20(21)10-16(12-33-28)19-6-5-17(11-22(19)30)39-14-18-15-40-29(2,3)41-18;1-2-7-39(36,37)32-22-6-5-21(28)23(24(22)29)25(35)19-11-31-26-18(19)8-14(10-30-26)17-4-3-16(9-20(17)27)38-13-15(34)12-33;1-6-2-4-7(5-3-6)11(8,9)10;;;;;/h5-8,10-13,18,35H,4,9,14-15H2,1-3H3,(H,33,34);3-6,8-11,15,32-34H,2,7,12-13H2,1H3,(H,30,31);2-5H,1H3,(H,8,9,10);1H2;4*1H. The van der Waals surface area contributed by atoms with Crippen LogP contribution in [0, 0.1) is 30.2 Å². The van der Waals surface area contributed by atoms with Gasteiger partial charge in [-0.2, -0.15) is 8.42 Å². The summed E-state index contributed by atoms with van der Waals surface area (Å²) >= 11 is 13.0.